The van der Waals surface area contributed by atoms with Gasteiger partial charge in [0.1, 0.15) is 0 Å². The number of hydrogen-bond acceptors (Lipinski definition) is 3. The Labute approximate surface area is 129 Å². The molecule has 2 atom stereocenters. The van der Waals surface area contributed by atoms with Gasteiger partial charge in [0.2, 0.25) is 10.0 Å². The van der Waals surface area contributed by atoms with Crippen LogP contribution in [0.25, 0.3) is 0 Å². The smallest absolute Gasteiger partial charge is 0.253 e. The molecule has 0 radical (unpaired) electrons. The number of sulfonamides is 1. The minimum absolute atomic E-state index is 0.0583. The maximum Gasteiger partial charge on any atom is 0.253 e. The van der Waals surface area contributed by atoms with Crippen molar-refractivity contribution in [1.82, 2.24) is 9.62 Å². The van der Waals surface area contributed by atoms with Crippen LogP contribution >= 0.6 is 11.6 Å². The molecule has 5 nitrogen and oxygen atoms in total. The van der Waals surface area contributed by atoms with E-state index in [2.05, 4.69) is 4.72 Å². The van der Waals surface area contributed by atoms with Crippen LogP contribution in [0.2, 0.25) is 5.02 Å². The first-order valence-corrected chi connectivity index (χ1v) is 8.93. The number of amides is 1. The number of benzene rings is 1. The molecule has 2 saturated heterocycles. The summed E-state index contributed by atoms with van der Waals surface area (Å²) in [6, 6.07) is 6.79. The molecule has 0 aliphatic carbocycles. The number of carbonyl (C=O) groups is 1. The maximum atomic E-state index is 12.5. The zero-order chi connectivity index (χ0) is 15.0. The Kier molecular flexibility index (Phi) is 3.94. The number of hydrogen-bond donors (Lipinski definition) is 1. The summed E-state index contributed by atoms with van der Waals surface area (Å²) in [6.45, 7) is 1.57. The highest BCUT2D eigenvalue weighted by Crippen LogP contribution is 2.28. The molecule has 1 aromatic carbocycles. The van der Waals surface area contributed by atoms with Gasteiger partial charge in [-0.05, 0) is 43.0 Å². The number of rotatable bonds is 1. The Balaban J connectivity index is 1.74. The van der Waals surface area contributed by atoms with E-state index in [9.17, 15) is 13.2 Å². The lowest BCUT2D eigenvalue weighted by Gasteiger charge is -2.21. The molecule has 7 heteroatoms. The highest BCUT2D eigenvalue weighted by molar-refractivity contribution is 7.90. The Bertz CT molecular complexity index is 645. The second kappa shape index (κ2) is 5.59. The van der Waals surface area contributed by atoms with Crippen LogP contribution in [0, 0.1) is 5.92 Å². The van der Waals surface area contributed by atoms with Crippen LogP contribution in [0.4, 0.5) is 0 Å². The van der Waals surface area contributed by atoms with E-state index in [0.717, 1.165) is 6.42 Å². The molecule has 2 aliphatic rings. The lowest BCUT2D eigenvalue weighted by atomic mass is 10.0. The molecule has 0 bridgehead atoms. The summed E-state index contributed by atoms with van der Waals surface area (Å²) in [7, 11) is -3.20. The van der Waals surface area contributed by atoms with Crippen LogP contribution in [0.15, 0.2) is 24.3 Å². The van der Waals surface area contributed by atoms with Gasteiger partial charge in [0.25, 0.3) is 5.91 Å². The quantitative estimate of drug-likeness (QED) is 0.849. The Morgan fingerprint density at radius 1 is 1.19 bits per heavy atom. The van der Waals surface area contributed by atoms with Crippen LogP contribution in [0.3, 0.4) is 0 Å². The fourth-order valence-electron chi connectivity index (χ4n) is 3.09. The summed E-state index contributed by atoms with van der Waals surface area (Å²) in [5.41, 5.74) is 0.590. The summed E-state index contributed by atoms with van der Waals surface area (Å²) in [5, 5.41) is 0.231. The number of halogens is 1. The van der Waals surface area contributed by atoms with Crippen molar-refractivity contribution in [3.05, 3.63) is 34.9 Å². The van der Waals surface area contributed by atoms with Gasteiger partial charge in [-0.25, -0.2) is 13.1 Å². The molecule has 0 spiro atoms. The molecule has 21 heavy (non-hydrogen) atoms. The molecule has 0 saturated carbocycles. The van der Waals surface area contributed by atoms with Crippen molar-refractivity contribution in [2.45, 2.75) is 18.1 Å². The van der Waals surface area contributed by atoms with Gasteiger partial charge in [-0.2, -0.15) is 0 Å². The van der Waals surface area contributed by atoms with Gasteiger partial charge in [0.15, 0.2) is 0 Å². The molecule has 0 aromatic heterocycles. The first-order valence-electron chi connectivity index (χ1n) is 7.01. The fraction of sp³-hybridized carbons (Fsp3) is 0.500. The molecular formula is C14H17ClN2O3S. The van der Waals surface area contributed by atoms with Gasteiger partial charge in [-0.3, -0.25) is 4.79 Å². The molecule has 114 valence electrons. The molecule has 1 aromatic rings. The summed E-state index contributed by atoms with van der Waals surface area (Å²) in [4.78, 5) is 14.2. The van der Waals surface area contributed by atoms with Crippen LogP contribution in [-0.4, -0.2) is 44.1 Å². The van der Waals surface area contributed by atoms with Crippen molar-refractivity contribution < 1.29 is 13.2 Å². The standard InChI is InChI=1S/C14H17ClN2O3S/c15-12-3-1-10(2-4-12)14(18)17-7-5-11-9-16-21(19,20)13(11)6-8-17/h1-4,11,13,16H,5-9H2/t11-,13-/m1/s1. The first-order chi connectivity index (χ1) is 9.97. The monoisotopic (exact) mass is 328 g/mol. The molecule has 1 N–H and O–H groups in total. The second-order valence-corrected chi connectivity index (χ2v) is 7.99. The van der Waals surface area contributed by atoms with Crippen molar-refractivity contribution >= 4 is 27.5 Å². The summed E-state index contributed by atoms with van der Waals surface area (Å²) in [6.07, 6.45) is 1.22. The van der Waals surface area contributed by atoms with Gasteiger partial charge in [0, 0.05) is 30.2 Å². The van der Waals surface area contributed by atoms with Crippen molar-refractivity contribution in [3.63, 3.8) is 0 Å². The third-order valence-corrected chi connectivity index (χ3v) is 6.54. The zero-order valence-electron chi connectivity index (χ0n) is 11.5. The fourth-order valence-corrected chi connectivity index (χ4v) is 5.03. The summed E-state index contributed by atoms with van der Waals surface area (Å²) >= 11 is 5.83. The minimum Gasteiger partial charge on any atom is -0.339 e. The number of likely N-dealkylation sites (tertiary alicyclic amines) is 1. The van der Waals surface area contributed by atoms with Crippen LogP contribution in [0.5, 0.6) is 0 Å². The summed E-state index contributed by atoms with van der Waals surface area (Å²) < 4.78 is 26.4. The predicted octanol–water partition coefficient (Wildman–Crippen LogP) is 1.49. The Hall–Kier alpha value is -1.11. The van der Waals surface area contributed by atoms with Crippen molar-refractivity contribution in [2.24, 2.45) is 5.92 Å². The normalized spacial score (nSPS) is 28.0. The van der Waals surface area contributed by atoms with E-state index in [-0.39, 0.29) is 17.1 Å². The van der Waals surface area contributed by atoms with E-state index in [1.807, 2.05) is 0 Å². The summed E-state index contributed by atoms with van der Waals surface area (Å²) in [5.74, 6) is 0.0509. The van der Waals surface area contributed by atoms with Crippen LogP contribution in [0.1, 0.15) is 23.2 Å². The zero-order valence-corrected chi connectivity index (χ0v) is 13.0. The van der Waals surface area contributed by atoms with Crippen LogP contribution < -0.4 is 4.72 Å². The van der Waals surface area contributed by atoms with E-state index in [0.29, 0.717) is 36.6 Å². The van der Waals surface area contributed by atoms with E-state index in [1.54, 1.807) is 29.2 Å². The molecule has 1 amide bonds. The van der Waals surface area contributed by atoms with Crippen molar-refractivity contribution in [1.29, 1.82) is 0 Å². The number of carbonyl (C=O) groups excluding carboxylic acids is 1. The molecule has 2 aliphatic heterocycles. The molecular weight excluding hydrogens is 312 g/mol. The second-order valence-electron chi connectivity index (χ2n) is 5.57. The highest BCUT2D eigenvalue weighted by Gasteiger charge is 2.41. The Morgan fingerprint density at radius 3 is 2.57 bits per heavy atom. The maximum absolute atomic E-state index is 12.5. The number of fused-ring (bicyclic) bond motifs is 1. The number of nitrogens with zero attached hydrogens (tertiary/aromatic N) is 1. The van der Waals surface area contributed by atoms with Crippen molar-refractivity contribution in [2.75, 3.05) is 19.6 Å². The van der Waals surface area contributed by atoms with Gasteiger partial charge < -0.3 is 4.90 Å². The number of nitrogens with one attached hydrogen (secondary N) is 1. The van der Waals surface area contributed by atoms with Crippen molar-refractivity contribution in [3.8, 4) is 0 Å². The predicted molar refractivity (Wildman–Crippen MR) is 80.8 cm³/mol. The average molecular weight is 329 g/mol. The van der Waals surface area contributed by atoms with Gasteiger partial charge >= 0.3 is 0 Å². The van der Waals surface area contributed by atoms with Crippen LogP contribution in [-0.2, 0) is 10.0 Å². The highest BCUT2D eigenvalue weighted by atomic mass is 35.5. The molecule has 2 heterocycles. The molecule has 0 unspecified atom stereocenters. The van der Waals surface area contributed by atoms with Gasteiger partial charge in [0.05, 0.1) is 5.25 Å². The Morgan fingerprint density at radius 2 is 1.86 bits per heavy atom. The minimum atomic E-state index is -3.20. The van der Waals surface area contributed by atoms with Gasteiger partial charge in [-0.1, -0.05) is 11.6 Å². The third kappa shape index (κ3) is 2.93. The molecule has 2 fully saturated rings. The molecule has 3 rings (SSSR count). The topological polar surface area (TPSA) is 66.5 Å². The third-order valence-electron chi connectivity index (χ3n) is 4.30. The largest absolute Gasteiger partial charge is 0.339 e. The van der Waals surface area contributed by atoms with E-state index in [1.165, 1.54) is 0 Å². The average Bonchev–Trinajstić information content (AvgIpc) is 2.64. The van der Waals surface area contributed by atoms with E-state index < -0.39 is 10.0 Å². The lowest BCUT2D eigenvalue weighted by molar-refractivity contribution is 0.0760. The van der Waals surface area contributed by atoms with E-state index >= 15 is 0 Å². The van der Waals surface area contributed by atoms with E-state index in [4.69, 9.17) is 11.6 Å². The van der Waals surface area contributed by atoms with Gasteiger partial charge in [-0.15, -0.1) is 0 Å². The lowest BCUT2D eigenvalue weighted by Crippen LogP contribution is -2.33. The first kappa shape index (κ1) is 14.8. The SMILES string of the molecule is O=C(c1ccc(Cl)cc1)N1CC[C@@H]2CNS(=O)(=O)[C@@H]2CC1.